The molecular weight excluding hydrogens is 466 g/mol. The van der Waals surface area contributed by atoms with E-state index < -0.39 is 6.04 Å². The van der Waals surface area contributed by atoms with Crippen molar-refractivity contribution in [3.8, 4) is 0 Å². The van der Waals surface area contributed by atoms with Gasteiger partial charge in [-0.25, -0.2) is 0 Å². The van der Waals surface area contributed by atoms with Gasteiger partial charge in [0.1, 0.15) is 0 Å². The minimum Gasteiger partial charge on any atom is -0.384 e. The molecule has 37 heavy (non-hydrogen) atoms. The Morgan fingerprint density at radius 3 is 2.03 bits per heavy atom. The maximum atomic E-state index is 13.1. The van der Waals surface area contributed by atoms with Crippen LogP contribution in [0.4, 0.5) is 5.69 Å². The van der Waals surface area contributed by atoms with Crippen molar-refractivity contribution in [3.05, 3.63) is 64.7 Å². The van der Waals surface area contributed by atoms with Gasteiger partial charge >= 0.3 is 0 Å². The maximum Gasteiger partial charge on any atom is 0.237 e. The molecule has 8 heteroatoms. The van der Waals surface area contributed by atoms with E-state index in [0.717, 1.165) is 64.3 Å². The summed E-state index contributed by atoms with van der Waals surface area (Å²) in [5, 5.41) is 6.35. The van der Waals surface area contributed by atoms with Gasteiger partial charge in [-0.05, 0) is 37.9 Å². The van der Waals surface area contributed by atoms with E-state index in [1.54, 1.807) is 30.3 Å². The van der Waals surface area contributed by atoms with Crippen LogP contribution in [0.1, 0.15) is 58.5 Å². The number of amides is 1. The van der Waals surface area contributed by atoms with Gasteiger partial charge in [0.25, 0.3) is 0 Å². The van der Waals surface area contributed by atoms with Gasteiger partial charge < -0.3 is 26.2 Å². The molecule has 1 heterocycles. The molecule has 0 radical (unpaired) electrons. The van der Waals surface area contributed by atoms with Gasteiger partial charge in [0, 0.05) is 61.6 Å². The van der Waals surface area contributed by atoms with Gasteiger partial charge in [0.2, 0.25) is 5.91 Å². The van der Waals surface area contributed by atoms with Crippen molar-refractivity contribution in [2.24, 2.45) is 11.7 Å². The highest BCUT2D eigenvalue weighted by Gasteiger charge is 2.31. The number of nitrogens with two attached hydrogens (primary N) is 1. The lowest BCUT2D eigenvalue weighted by atomic mass is 9.83. The van der Waals surface area contributed by atoms with Crippen LogP contribution < -0.4 is 16.4 Å². The fraction of sp³-hybridized carbons (Fsp3) is 0.483. The molecule has 4 rings (SSSR count). The van der Waals surface area contributed by atoms with Crippen LogP contribution in [-0.2, 0) is 4.79 Å². The molecule has 0 bridgehead atoms. The normalized spacial score (nSPS) is 16.9. The number of hydrogen-bond donors (Lipinski definition) is 3. The molecule has 1 fully saturated rings. The fourth-order valence-corrected chi connectivity index (χ4v) is 4.99. The molecule has 4 N–H and O–H groups in total. The standard InChI is InChI=1S/C29H39N5O3/c1-20(2)26(30)29(37)32-13-7-15-34-18-16-33(17-19-34)14-6-12-31-24-11-5-10-23-25(24)28(36)22-9-4-3-8-21(22)27(23)35/h3-5,8-11,20,26,31H,6-7,12-19,30H2,1-2H3,(H,32,37)/t26-/m0/s1. The number of carbonyl (C=O) groups is 3. The summed E-state index contributed by atoms with van der Waals surface area (Å²) in [6.07, 6.45) is 1.87. The first-order chi connectivity index (χ1) is 17.9. The van der Waals surface area contributed by atoms with Crippen molar-refractivity contribution < 1.29 is 14.4 Å². The SMILES string of the molecule is CC(C)[C@H](N)C(=O)NCCCN1CCN(CCCNc2cccc3c2C(=O)c2ccccc2C3=O)CC1. The molecule has 2 aliphatic rings. The number of carbonyl (C=O) groups excluding carboxylic acids is 3. The average molecular weight is 506 g/mol. The lowest BCUT2D eigenvalue weighted by molar-refractivity contribution is -0.123. The predicted octanol–water partition coefficient (Wildman–Crippen LogP) is 2.37. The quantitative estimate of drug-likeness (QED) is 0.344. The van der Waals surface area contributed by atoms with E-state index in [1.807, 2.05) is 26.0 Å². The highest BCUT2D eigenvalue weighted by molar-refractivity contribution is 6.30. The third-order valence-electron chi connectivity index (χ3n) is 7.36. The van der Waals surface area contributed by atoms with Gasteiger partial charge in [0.15, 0.2) is 11.6 Å². The van der Waals surface area contributed by atoms with E-state index in [4.69, 9.17) is 5.73 Å². The zero-order chi connectivity index (χ0) is 26.4. The number of ketones is 2. The number of rotatable bonds is 11. The van der Waals surface area contributed by atoms with E-state index in [2.05, 4.69) is 20.4 Å². The number of fused-ring (bicyclic) bond motifs is 2. The molecule has 1 atom stereocenters. The lowest BCUT2D eigenvalue weighted by Gasteiger charge is -2.34. The first-order valence-electron chi connectivity index (χ1n) is 13.4. The molecule has 1 amide bonds. The Balaban J connectivity index is 1.17. The summed E-state index contributed by atoms with van der Waals surface area (Å²) in [4.78, 5) is 42.9. The van der Waals surface area contributed by atoms with Crippen LogP contribution in [0, 0.1) is 5.92 Å². The van der Waals surface area contributed by atoms with Crippen molar-refractivity contribution in [3.63, 3.8) is 0 Å². The Morgan fingerprint density at radius 1 is 0.838 bits per heavy atom. The third-order valence-corrected chi connectivity index (χ3v) is 7.36. The number of nitrogens with zero attached hydrogens (tertiary/aromatic N) is 2. The number of piperazine rings is 1. The molecule has 1 saturated heterocycles. The van der Waals surface area contributed by atoms with Crippen molar-refractivity contribution in [2.75, 3.05) is 57.7 Å². The highest BCUT2D eigenvalue weighted by Crippen LogP contribution is 2.31. The van der Waals surface area contributed by atoms with Crippen LogP contribution >= 0.6 is 0 Å². The second kappa shape index (κ2) is 12.4. The summed E-state index contributed by atoms with van der Waals surface area (Å²) in [5.41, 5.74) is 8.54. The number of nitrogens with one attached hydrogen (secondary N) is 2. The number of benzene rings is 2. The van der Waals surface area contributed by atoms with Crippen LogP contribution in [0.3, 0.4) is 0 Å². The van der Waals surface area contributed by atoms with E-state index >= 15 is 0 Å². The summed E-state index contributed by atoms with van der Waals surface area (Å²) in [7, 11) is 0. The molecule has 2 aromatic carbocycles. The summed E-state index contributed by atoms with van der Waals surface area (Å²) in [5.74, 6) is -0.101. The van der Waals surface area contributed by atoms with Crippen molar-refractivity contribution in [1.29, 1.82) is 0 Å². The van der Waals surface area contributed by atoms with Crippen molar-refractivity contribution in [2.45, 2.75) is 32.7 Å². The third kappa shape index (κ3) is 6.44. The fourth-order valence-electron chi connectivity index (χ4n) is 4.99. The summed E-state index contributed by atoms with van der Waals surface area (Å²) >= 11 is 0. The topological polar surface area (TPSA) is 108 Å². The first-order valence-corrected chi connectivity index (χ1v) is 13.4. The molecule has 198 valence electrons. The second-order valence-corrected chi connectivity index (χ2v) is 10.3. The van der Waals surface area contributed by atoms with Crippen LogP contribution in [-0.4, -0.2) is 85.7 Å². The van der Waals surface area contributed by atoms with Crippen LogP contribution in [0.15, 0.2) is 42.5 Å². The van der Waals surface area contributed by atoms with E-state index in [9.17, 15) is 14.4 Å². The lowest BCUT2D eigenvalue weighted by Crippen LogP contribution is -2.48. The summed E-state index contributed by atoms with van der Waals surface area (Å²) < 4.78 is 0. The minimum atomic E-state index is -0.440. The Bertz CT molecular complexity index is 1120. The van der Waals surface area contributed by atoms with Gasteiger partial charge in [-0.1, -0.05) is 50.2 Å². The Hall–Kier alpha value is -3.07. The van der Waals surface area contributed by atoms with E-state index in [-0.39, 0.29) is 23.4 Å². The van der Waals surface area contributed by atoms with E-state index in [1.165, 1.54) is 0 Å². The molecule has 8 nitrogen and oxygen atoms in total. The van der Waals surface area contributed by atoms with Crippen molar-refractivity contribution >= 4 is 23.2 Å². The van der Waals surface area contributed by atoms with Gasteiger partial charge in [-0.3, -0.25) is 14.4 Å². The first kappa shape index (κ1) is 27.0. The molecular formula is C29H39N5O3. The highest BCUT2D eigenvalue weighted by atomic mass is 16.2. The monoisotopic (exact) mass is 505 g/mol. The van der Waals surface area contributed by atoms with Gasteiger partial charge in [-0.15, -0.1) is 0 Å². The van der Waals surface area contributed by atoms with E-state index in [0.29, 0.717) is 28.8 Å². The largest absolute Gasteiger partial charge is 0.384 e. The zero-order valence-electron chi connectivity index (χ0n) is 22.0. The van der Waals surface area contributed by atoms with Gasteiger partial charge in [-0.2, -0.15) is 0 Å². The molecule has 0 aromatic heterocycles. The van der Waals surface area contributed by atoms with Crippen LogP contribution in [0.25, 0.3) is 0 Å². The Kier molecular flexibility index (Phi) is 9.08. The van der Waals surface area contributed by atoms with Crippen LogP contribution in [0.5, 0.6) is 0 Å². The number of anilines is 1. The van der Waals surface area contributed by atoms with Gasteiger partial charge in [0.05, 0.1) is 11.6 Å². The zero-order valence-corrected chi connectivity index (χ0v) is 22.0. The predicted molar refractivity (Wildman–Crippen MR) is 146 cm³/mol. The molecule has 1 aliphatic carbocycles. The Labute approximate surface area is 219 Å². The average Bonchev–Trinajstić information content (AvgIpc) is 2.92. The molecule has 0 saturated carbocycles. The van der Waals surface area contributed by atoms with Crippen LogP contribution in [0.2, 0.25) is 0 Å². The molecule has 0 unspecified atom stereocenters. The summed E-state index contributed by atoms with van der Waals surface area (Å²) in [6.45, 7) is 11.4. The second-order valence-electron chi connectivity index (χ2n) is 10.3. The minimum absolute atomic E-state index is 0.0646. The number of hydrogen-bond acceptors (Lipinski definition) is 7. The smallest absolute Gasteiger partial charge is 0.237 e. The molecule has 1 aliphatic heterocycles. The Morgan fingerprint density at radius 2 is 1.41 bits per heavy atom. The summed E-state index contributed by atoms with van der Waals surface area (Å²) in [6, 6.07) is 12.1. The molecule has 0 spiro atoms. The maximum absolute atomic E-state index is 13.1. The van der Waals surface area contributed by atoms with Crippen molar-refractivity contribution in [1.82, 2.24) is 15.1 Å². The molecule has 2 aromatic rings.